The number of hydrogen-bond donors (Lipinski definition) is 1. The van der Waals surface area contributed by atoms with E-state index in [4.69, 9.17) is 9.47 Å². The first-order chi connectivity index (χ1) is 17.5. The first kappa shape index (κ1) is 24.5. The van der Waals surface area contributed by atoms with Crippen LogP contribution >= 0.6 is 0 Å². The lowest BCUT2D eigenvalue weighted by atomic mass is 10.0. The quantitative estimate of drug-likeness (QED) is 0.663. The predicted octanol–water partition coefficient (Wildman–Crippen LogP) is 2.91. The number of ether oxygens (including phenoxy) is 2. The number of likely N-dealkylation sites (tertiary alicyclic amines) is 1. The normalized spacial score (nSPS) is 20.7. The number of carbonyl (C=O) groups excluding carboxylic acids is 2. The number of halogens is 1. The Bertz CT molecular complexity index is 1070. The minimum Gasteiger partial charge on any atom is -0.490 e. The lowest BCUT2D eigenvalue weighted by Gasteiger charge is -2.35. The number of nitrogens with zero attached hydrogens (tertiary/aromatic N) is 3. The van der Waals surface area contributed by atoms with E-state index in [1.165, 1.54) is 17.7 Å². The van der Waals surface area contributed by atoms with Crippen LogP contribution in [0.5, 0.6) is 11.5 Å². The van der Waals surface area contributed by atoms with Crippen LogP contribution in [0.3, 0.4) is 0 Å². The monoisotopic (exact) mass is 496 g/mol. The van der Waals surface area contributed by atoms with Gasteiger partial charge in [-0.1, -0.05) is 6.07 Å². The molecule has 1 atom stereocenters. The molecule has 192 valence electrons. The van der Waals surface area contributed by atoms with Crippen molar-refractivity contribution in [2.45, 2.75) is 25.3 Å². The van der Waals surface area contributed by atoms with E-state index in [0.29, 0.717) is 51.6 Å². The Hall–Kier alpha value is -3.17. The summed E-state index contributed by atoms with van der Waals surface area (Å²) in [6.07, 6.45) is 2.95. The maximum atomic E-state index is 13.1. The van der Waals surface area contributed by atoms with Crippen molar-refractivity contribution in [1.29, 1.82) is 0 Å². The van der Waals surface area contributed by atoms with Crippen LogP contribution in [0.15, 0.2) is 42.5 Å². The second-order valence-electron chi connectivity index (χ2n) is 9.60. The highest BCUT2D eigenvalue weighted by Gasteiger charge is 2.31. The Morgan fingerprint density at radius 3 is 2.42 bits per heavy atom. The topological polar surface area (TPSA) is 74.4 Å². The Kier molecular flexibility index (Phi) is 7.67. The van der Waals surface area contributed by atoms with Gasteiger partial charge in [0.2, 0.25) is 11.8 Å². The molecule has 3 aliphatic rings. The number of rotatable bonds is 6. The molecule has 9 heteroatoms. The average molecular weight is 497 g/mol. The lowest BCUT2D eigenvalue weighted by Crippen LogP contribution is -2.52. The maximum absolute atomic E-state index is 13.1. The molecule has 36 heavy (non-hydrogen) atoms. The molecule has 2 amide bonds. The van der Waals surface area contributed by atoms with Crippen molar-refractivity contribution in [2.24, 2.45) is 0 Å². The second-order valence-corrected chi connectivity index (χ2v) is 9.60. The Labute approximate surface area is 210 Å². The number of benzene rings is 2. The third-order valence-corrected chi connectivity index (χ3v) is 7.08. The van der Waals surface area contributed by atoms with Gasteiger partial charge in [0.05, 0.1) is 26.3 Å². The van der Waals surface area contributed by atoms with E-state index in [1.807, 2.05) is 15.9 Å². The highest BCUT2D eigenvalue weighted by atomic mass is 19.1. The zero-order chi connectivity index (χ0) is 24.9. The van der Waals surface area contributed by atoms with Gasteiger partial charge >= 0.3 is 0 Å². The zero-order valence-corrected chi connectivity index (χ0v) is 20.5. The van der Waals surface area contributed by atoms with Gasteiger partial charge in [-0.25, -0.2) is 4.39 Å². The van der Waals surface area contributed by atoms with Gasteiger partial charge in [-0.05, 0) is 61.3 Å². The number of fused-ring (bicyclic) bond motifs is 1. The highest BCUT2D eigenvalue weighted by molar-refractivity contribution is 5.92. The predicted molar refractivity (Wildman–Crippen MR) is 134 cm³/mol. The Balaban J connectivity index is 1.10. The van der Waals surface area contributed by atoms with Crippen molar-refractivity contribution in [1.82, 2.24) is 14.7 Å². The molecule has 0 radical (unpaired) electrons. The van der Waals surface area contributed by atoms with Crippen LogP contribution < -0.4 is 14.8 Å². The van der Waals surface area contributed by atoms with Gasteiger partial charge in [0.1, 0.15) is 5.82 Å². The van der Waals surface area contributed by atoms with Crippen molar-refractivity contribution in [3.8, 4) is 11.5 Å². The van der Waals surface area contributed by atoms with E-state index in [2.05, 4.69) is 22.3 Å². The zero-order valence-electron chi connectivity index (χ0n) is 20.5. The summed E-state index contributed by atoms with van der Waals surface area (Å²) in [7, 11) is 0. The van der Waals surface area contributed by atoms with Crippen LogP contribution in [0.2, 0.25) is 0 Å². The molecular weight excluding hydrogens is 463 g/mol. The number of carbonyl (C=O) groups is 2. The molecule has 3 heterocycles. The van der Waals surface area contributed by atoms with Crippen LogP contribution in [-0.2, 0) is 9.59 Å². The van der Waals surface area contributed by atoms with E-state index in [0.717, 1.165) is 37.3 Å². The summed E-state index contributed by atoms with van der Waals surface area (Å²) in [6, 6.07) is 12.1. The highest BCUT2D eigenvalue weighted by Crippen LogP contribution is 2.37. The Morgan fingerprint density at radius 1 is 0.889 bits per heavy atom. The summed E-state index contributed by atoms with van der Waals surface area (Å²) in [5.41, 5.74) is 1.74. The molecule has 2 aromatic carbocycles. The number of nitrogens with one attached hydrogen (secondary N) is 1. The molecule has 3 aliphatic heterocycles. The molecule has 2 saturated heterocycles. The summed E-state index contributed by atoms with van der Waals surface area (Å²) >= 11 is 0. The largest absolute Gasteiger partial charge is 0.490 e. The van der Waals surface area contributed by atoms with Gasteiger partial charge in [-0.2, -0.15) is 0 Å². The van der Waals surface area contributed by atoms with E-state index in [9.17, 15) is 14.0 Å². The van der Waals surface area contributed by atoms with Gasteiger partial charge in [0.15, 0.2) is 11.5 Å². The molecule has 0 bridgehead atoms. The van der Waals surface area contributed by atoms with Gasteiger partial charge in [0, 0.05) is 44.3 Å². The number of hydrogen-bond acceptors (Lipinski definition) is 6. The van der Waals surface area contributed by atoms with E-state index < -0.39 is 0 Å². The van der Waals surface area contributed by atoms with Crippen LogP contribution in [-0.4, -0.2) is 85.5 Å². The summed E-state index contributed by atoms with van der Waals surface area (Å²) < 4.78 is 24.7. The second kappa shape index (κ2) is 11.3. The molecule has 8 nitrogen and oxygen atoms in total. The minimum absolute atomic E-state index is 0.131. The van der Waals surface area contributed by atoms with Gasteiger partial charge in [-0.3, -0.25) is 19.4 Å². The number of amides is 2. The first-order valence-electron chi connectivity index (χ1n) is 12.7. The van der Waals surface area contributed by atoms with Crippen LogP contribution in [0.25, 0.3) is 0 Å². The fourth-order valence-corrected chi connectivity index (χ4v) is 5.15. The van der Waals surface area contributed by atoms with E-state index in [-0.39, 0.29) is 30.2 Å². The summed E-state index contributed by atoms with van der Waals surface area (Å²) in [4.78, 5) is 31.7. The molecule has 2 aromatic rings. The average Bonchev–Trinajstić information content (AvgIpc) is 3.21. The van der Waals surface area contributed by atoms with E-state index in [1.54, 1.807) is 12.1 Å². The third kappa shape index (κ3) is 5.96. The third-order valence-electron chi connectivity index (χ3n) is 7.08. The molecular formula is C27H33FN4O4. The molecule has 1 N–H and O–H groups in total. The first-order valence-corrected chi connectivity index (χ1v) is 12.7. The van der Waals surface area contributed by atoms with Gasteiger partial charge < -0.3 is 19.7 Å². The standard InChI is InChI=1S/C27H33FN4O4/c28-21-5-7-22(8-6-21)29-26(33)18-30-11-13-31(14-12-30)27(34)19-32-10-1-3-23(32)20-4-9-24-25(17-20)36-16-2-15-35-24/h4-9,17,23H,1-3,10-16,18-19H2,(H,29,33)/t23-/m0/s1. The lowest BCUT2D eigenvalue weighted by molar-refractivity contribution is -0.134. The Morgan fingerprint density at radius 2 is 1.64 bits per heavy atom. The van der Waals surface area contributed by atoms with Gasteiger partial charge in [-0.15, -0.1) is 0 Å². The summed E-state index contributed by atoms with van der Waals surface area (Å²) in [5, 5.41) is 2.79. The molecule has 0 saturated carbocycles. The van der Waals surface area contributed by atoms with Crippen molar-refractivity contribution in [3.05, 3.63) is 53.8 Å². The van der Waals surface area contributed by atoms with Crippen LogP contribution in [0.1, 0.15) is 30.9 Å². The van der Waals surface area contributed by atoms with Crippen molar-refractivity contribution >= 4 is 17.5 Å². The minimum atomic E-state index is -0.337. The summed E-state index contributed by atoms with van der Waals surface area (Å²) in [6.45, 7) is 5.36. The van der Waals surface area contributed by atoms with E-state index >= 15 is 0 Å². The molecule has 0 spiro atoms. The smallest absolute Gasteiger partial charge is 0.238 e. The SMILES string of the molecule is O=C(CN1CCN(C(=O)CN2CCC[C@H]2c2ccc3c(c2)OCCCO3)CC1)Nc1ccc(F)cc1. The maximum Gasteiger partial charge on any atom is 0.238 e. The van der Waals surface area contributed by atoms with Crippen LogP contribution in [0, 0.1) is 5.82 Å². The van der Waals surface area contributed by atoms with Gasteiger partial charge in [0.25, 0.3) is 0 Å². The van der Waals surface area contributed by atoms with Crippen molar-refractivity contribution in [3.63, 3.8) is 0 Å². The fourth-order valence-electron chi connectivity index (χ4n) is 5.15. The number of piperazine rings is 1. The molecule has 0 unspecified atom stereocenters. The summed E-state index contributed by atoms with van der Waals surface area (Å²) in [5.74, 6) is 1.24. The molecule has 2 fully saturated rings. The van der Waals surface area contributed by atoms with Crippen LogP contribution in [0.4, 0.5) is 10.1 Å². The molecule has 5 rings (SSSR count). The number of anilines is 1. The molecule has 0 aliphatic carbocycles. The fraction of sp³-hybridized carbons (Fsp3) is 0.481. The van der Waals surface area contributed by atoms with Crippen molar-refractivity contribution < 1.29 is 23.5 Å². The van der Waals surface area contributed by atoms with Crippen molar-refractivity contribution in [2.75, 3.05) is 64.3 Å². The molecule has 0 aromatic heterocycles.